The lowest BCUT2D eigenvalue weighted by molar-refractivity contribution is -0.121. The number of hydrogen-bond donors (Lipinski definition) is 1. The normalized spacial score (nSPS) is 11.5. The highest BCUT2D eigenvalue weighted by molar-refractivity contribution is 6.35. The standard InChI is InChI=1S/C29H26N2O3/c1-3-15-30-25(33)14-16-31(2)29(34)24-13-12-23-21-9-5-7-18-6-4-8-20(26(18)21)22-11-10-19(17-32)27(24)28(22)23/h4-13,17H,3,14-16H2,1-2H3,(H,30,33). The fourth-order valence-corrected chi connectivity index (χ4v) is 4.97. The van der Waals surface area contributed by atoms with Gasteiger partial charge in [0.05, 0.1) is 0 Å². The Kier molecular flexibility index (Phi) is 5.62. The number of rotatable bonds is 7. The van der Waals surface area contributed by atoms with Crippen molar-refractivity contribution in [3.8, 4) is 0 Å². The molecule has 1 N–H and O–H groups in total. The molecular formula is C29H26N2O3. The van der Waals surface area contributed by atoms with E-state index < -0.39 is 0 Å². The van der Waals surface area contributed by atoms with Crippen LogP contribution in [-0.2, 0) is 4.79 Å². The molecule has 0 saturated carbocycles. The maximum absolute atomic E-state index is 13.5. The van der Waals surface area contributed by atoms with Crippen molar-refractivity contribution in [2.24, 2.45) is 0 Å². The van der Waals surface area contributed by atoms with E-state index in [2.05, 4.69) is 29.6 Å². The van der Waals surface area contributed by atoms with E-state index in [-0.39, 0.29) is 18.2 Å². The molecule has 5 aromatic rings. The van der Waals surface area contributed by atoms with Gasteiger partial charge in [0, 0.05) is 43.1 Å². The van der Waals surface area contributed by atoms with E-state index >= 15 is 0 Å². The Hall–Kier alpha value is -3.99. The van der Waals surface area contributed by atoms with Gasteiger partial charge in [0.1, 0.15) is 0 Å². The molecule has 0 bridgehead atoms. The number of carbonyl (C=O) groups is 3. The van der Waals surface area contributed by atoms with Crippen molar-refractivity contribution in [1.82, 2.24) is 10.2 Å². The van der Waals surface area contributed by atoms with Crippen LogP contribution < -0.4 is 5.32 Å². The molecule has 170 valence electrons. The van der Waals surface area contributed by atoms with Crippen molar-refractivity contribution in [1.29, 1.82) is 0 Å². The van der Waals surface area contributed by atoms with E-state index in [0.717, 1.165) is 45.0 Å². The molecule has 5 nitrogen and oxygen atoms in total. The number of fused-ring (bicyclic) bond motifs is 2. The van der Waals surface area contributed by atoms with Crippen LogP contribution in [-0.4, -0.2) is 43.1 Å². The maximum atomic E-state index is 13.5. The second-order valence-corrected chi connectivity index (χ2v) is 8.77. The average Bonchev–Trinajstić information content (AvgIpc) is 2.88. The minimum Gasteiger partial charge on any atom is -0.356 e. The first-order valence-corrected chi connectivity index (χ1v) is 11.6. The van der Waals surface area contributed by atoms with E-state index in [4.69, 9.17) is 0 Å². The third kappa shape index (κ3) is 3.45. The van der Waals surface area contributed by atoms with Crippen molar-refractivity contribution in [2.75, 3.05) is 20.1 Å². The van der Waals surface area contributed by atoms with Crippen LogP contribution in [0, 0.1) is 0 Å². The third-order valence-corrected chi connectivity index (χ3v) is 6.63. The summed E-state index contributed by atoms with van der Waals surface area (Å²) < 4.78 is 0. The van der Waals surface area contributed by atoms with Crippen LogP contribution >= 0.6 is 0 Å². The van der Waals surface area contributed by atoms with Gasteiger partial charge in [-0.2, -0.15) is 0 Å². The highest BCUT2D eigenvalue weighted by atomic mass is 16.2. The van der Waals surface area contributed by atoms with E-state index in [0.29, 0.717) is 29.6 Å². The minimum atomic E-state index is -0.202. The molecule has 0 spiro atoms. The first-order valence-electron chi connectivity index (χ1n) is 11.6. The van der Waals surface area contributed by atoms with E-state index in [1.54, 1.807) is 18.0 Å². The van der Waals surface area contributed by atoms with Crippen LogP contribution in [0.2, 0.25) is 0 Å². The first-order chi connectivity index (χ1) is 16.5. The summed E-state index contributed by atoms with van der Waals surface area (Å²) in [7, 11) is 1.70. The van der Waals surface area contributed by atoms with Crippen LogP contribution in [0.5, 0.6) is 0 Å². The van der Waals surface area contributed by atoms with Crippen LogP contribution in [0.15, 0.2) is 60.7 Å². The topological polar surface area (TPSA) is 66.5 Å². The molecule has 0 unspecified atom stereocenters. The number of amides is 2. The number of aldehydes is 1. The summed E-state index contributed by atoms with van der Waals surface area (Å²) in [6.45, 7) is 2.93. The average molecular weight is 451 g/mol. The summed E-state index contributed by atoms with van der Waals surface area (Å²) in [4.78, 5) is 39.1. The molecule has 5 aromatic carbocycles. The summed E-state index contributed by atoms with van der Waals surface area (Å²) in [5.74, 6) is -0.274. The molecule has 0 aliphatic rings. The van der Waals surface area contributed by atoms with Crippen LogP contribution in [0.4, 0.5) is 0 Å². The molecule has 2 amide bonds. The molecule has 0 saturated heterocycles. The molecule has 0 radical (unpaired) electrons. The van der Waals surface area contributed by atoms with Crippen molar-refractivity contribution in [2.45, 2.75) is 19.8 Å². The number of benzene rings is 5. The summed E-state index contributed by atoms with van der Waals surface area (Å²) >= 11 is 0. The molecule has 0 fully saturated rings. The summed E-state index contributed by atoms with van der Waals surface area (Å²) in [5, 5.41) is 11.0. The zero-order valence-electron chi connectivity index (χ0n) is 19.4. The monoisotopic (exact) mass is 450 g/mol. The van der Waals surface area contributed by atoms with Crippen LogP contribution in [0.3, 0.4) is 0 Å². The van der Waals surface area contributed by atoms with Crippen LogP contribution in [0.1, 0.15) is 40.5 Å². The lowest BCUT2D eigenvalue weighted by Gasteiger charge is -2.21. The van der Waals surface area contributed by atoms with Gasteiger partial charge in [0.25, 0.3) is 5.91 Å². The number of hydrogen-bond acceptors (Lipinski definition) is 3. The Bertz CT molecular complexity index is 1520. The zero-order chi connectivity index (χ0) is 23.8. The predicted molar refractivity (Wildman–Crippen MR) is 138 cm³/mol. The molecule has 5 rings (SSSR count). The van der Waals surface area contributed by atoms with Crippen molar-refractivity contribution in [3.05, 3.63) is 71.8 Å². The summed E-state index contributed by atoms with van der Waals surface area (Å²) in [5.41, 5.74) is 0.968. The number of carbonyl (C=O) groups excluding carboxylic acids is 3. The SMILES string of the molecule is CCCNC(=O)CCN(C)C(=O)c1ccc2c3cccc4cccc(c5ccc(C=O)c1c52)c43. The summed E-state index contributed by atoms with van der Waals surface area (Å²) in [6.07, 6.45) is 1.92. The maximum Gasteiger partial charge on any atom is 0.254 e. The third-order valence-electron chi connectivity index (χ3n) is 6.63. The Balaban J connectivity index is 1.68. The predicted octanol–water partition coefficient (Wildman–Crippen LogP) is 5.54. The molecule has 5 heteroatoms. The van der Waals surface area contributed by atoms with Crippen molar-refractivity contribution >= 4 is 61.2 Å². The second kappa shape index (κ2) is 8.75. The van der Waals surface area contributed by atoms with Gasteiger partial charge in [-0.15, -0.1) is 0 Å². The smallest absolute Gasteiger partial charge is 0.254 e. The molecule has 0 aliphatic carbocycles. The first kappa shape index (κ1) is 21.8. The Morgan fingerprint density at radius 3 is 2.15 bits per heavy atom. The zero-order valence-corrected chi connectivity index (χ0v) is 19.4. The van der Waals surface area contributed by atoms with E-state index in [1.807, 2.05) is 37.3 Å². The lowest BCUT2D eigenvalue weighted by atomic mass is 9.86. The van der Waals surface area contributed by atoms with Gasteiger partial charge in [-0.3, -0.25) is 14.4 Å². The van der Waals surface area contributed by atoms with Gasteiger partial charge in [-0.05, 0) is 50.2 Å². The quantitative estimate of drug-likeness (QED) is 0.201. The van der Waals surface area contributed by atoms with Gasteiger partial charge in [-0.1, -0.05) is 61.5 Å². The van der Waals surface area contributed by atoms with Crippen molar-refractivity contribution in [3.63, 3.8) is 0 Å². The highest BCUT2D eigenvalue weighted by Gasteiger charge is 2.22. The Morgan fingerprint density at radius 2 is 1.50 bits per heavy atom. The van der Waals surface area contributed by atoms with Gasteiger partial charge in [-0.25, -0.2) is 0 Å². The fraction of sp³-hybridized carbons (Fsp3) is 0.207. The molecular weight excluding hydrogens is 424 g/mol. The van der Waals surface area contributed by atoms with Gasteiger partial charge < -0.3 is 10.2 Å². The fourth-order valence-electron chi connectivity index (χ4n) is 4.97. The Morgan fingerprint density at radius 1 is 0.853 bits per heavy atom. The number of nitrogens with one attached hydrogen (secondary N) is 1. The van der Waals surface area contributed by atoms with E-state index in [9.17, 15) is 14.4 Å². The number of nitrogens with zero attached hydrogens (tertiary/aromatic N) is 1. The molecule has 0 heterocycles. The second-order valence-electron chi connectivity index (χ2n) is 8.77. The van der Waals surface area contributed by atoms with Gasteiger partial charge >= 0.3 is 0 Å². The highest BCUT2D eigenvalue weighted by Crippen LogP contribution is 2.42. The molecule has 34 heavy (non-hydrogen) atoms. The van der Waals surface area contributed by atoms with Crippen LogP contribution in [0.25, 0.3) is 43.1 Å². The van der Waals surface area contributed by atoms with E-state index in [1.165, 1.54) is 5.39 Å². The van der Waals surface area contributed by atoms with Gasteiger partial charge in [0.2, 0.25) is 5.91 Å². The largest absolute Gasteiger partial charge is 0.356 e. The minimum absolute atomic E-state index is 0.0725. The Labute approximate surface area is 197 Å². The van der Waals surface area contributed by atoms with Gasteiger partial charge in [0.15, 0.2) is 6.29 Å². The lowest BCUT2D eigenvalue weighted by Crippen LogP contribution is -2.32. The molecule has 0 aliphatic heterocycles. The molecule has 0 atom stereocenters. The van der Waals surface area contributed by atoms with Crippen molar-refractivity contribution < 1.29 is 14.4 Å². The summed E-state index contributed by atoms with van der Waals surface area (Å²) in [6, 6.07) is 20.1. The molecule has 0 aromatic heterocycles.